The van der Waals surface area contributed by atoms with Gasteiger partial charge in [-0.3, -0.25) is 4.79 Å². The van der Waals surface area contributed by atoms with Crippen LogP contribution in [0.15, 0.2) is 0 Å². The number of rotatable bonds is 7. The first kappa shape index (κ1) is 14.4. The van der Waals surface area contributed by atoms with Crippen molar-refractivity contribution in [3.63, 3.8) is 0 Å². The summed E-state index contributed by atoms with van der Waals surface area (Å²) in [4.78, 5) is 13.4. The minimum Gasteiger partial charge on any atom is -0.380 e. The topological polar surface area (TPSA) is 55.6 Å². The Bertz CT molecular complexity index is 185. The molecule has 0 rings (SSSR count). The van der Waals surface area contributed by atoms with Crippen LogP contribution in [0.5, 0.6) is 0 Å². The predicted molar refractivity (Wildman–Crippen MR) is 61.6 cm³/mol. The van der Waals surface area contributed by atoms with Crippen LogP contribution in [-0.4, -0.2) is 43.7 Å². The van der Waals surface area contributed by atoms with Gasteiger partial charge in [-0.05, 0) is 12.8 Å². The summed E-state index contributed by atoms with van der Waals surface area (Å²) in [6.45, 7) is 7.84. The Kier molecular flexibility index (Phi) is 7.34. The lowest BCUT2D eigenvalue weighted by molar-refractivity contribution is -0.133. The summed E-state index contributed by atoms with van der Waals surface area (Å²) < 4.78 is 5.19. The van der Waals surface area contributed by atoms with Crippen molar-refractivity contribution in [1.29, 1.82) is 0 Å². The standard InChI is InChI=1S/C11H24N2O2/c1-5-9(3)10(12)11(14)13(4)7-8-15-6-2/h9-10H,5-8,12H2,1-4H3/t9?,10-/m0/s1. The van der Waals surface area contributed by atoms with Gasteiger partial charge >= 0.3 is 0 Å². The predicted octanol–water partition coefficient (Wildman–Crippen LogP) is 0.855. The molecule has 0 aromatic carbocycles. The van der Waals surface area contributed by atoms with Crippen LogP contribution in [-0.2, 0) is 9.53 Å². The van der Waals surface area contributed by atoms with Gasteiger partial charge in [0.1, 0.15) is 0 Å². The van der Waals surface area contributed by atoms with Crippen molar-refractivity contribution >= 4 is 5.91 Å². The van der Waals surface area contributed by atoms with E-state index in [4.69, 9.17) is 10.5 Å². The molecular weight excluding hydrogens is 192 g/mol. The van der Waals surface area contributed by atoms with E-state index in [2.05, 4.69) is 0 Å². The largest absolute Gasteiger partial charge is 0.380 e. The van der Waals surface area contributed by atoms with Crippen LogP contribution in [0.2, 0.25) is 0 Å². The Morgan fingerprint density at radius 1 is 1.47 bits per heavy atom. The number of hydrogen-bond donors (Lipinski definition) is 1. The molecule has 15 heavy (non-hydrogen) atoms. The maximum atomic E-state index is 11.8. The summed E-state index contributed by atoms with van der Waals surface area (Å²) in [5, 5.41) is 0. The van der Waals surface area contributed by atoms with Crippen LogP contribution in [0.4, 0.5) is 0 Å². The van der Waals surface area contributed by atoms with E-state index < -0.39 is 0 Å². The molecule has 0 aliphatic carbocycles. The molecule has 1 unspecified atom stereocenters. The number of carbonyl (C=O) groups is 1. The molecule has 4 nitrogen and oxygen atoms in total. The Labute approximate surface area is 92.8 Å². The summed E-state index contributed by atoms with van der Waals surface area (Å²) in [7, 11) is 1.77. The zero-order valence-electron chi connectivity index (χ0n) is 10.3. The van der Waals surface area contributed by atoms with Crippen molar-refractivity contribution in [3.05, 3.63) is 0 Å². The van der Waals surface area contributed by atoms with Gasteiger partial charge in [-0.15, -0.1) is 0 Å². The fourth-order valence-corrected chi connectivity index (χ4v) is 1.21. The van der Waals surface area contributed by atoms with Gasteiger partial charge in [0, 0.05) is 20.2 Å². The molecule has 0 saturated carbocycles. The molecule has 0 fully saturated rings. The summed E-state index contributed by atoms with van der Waals surface area (Å²) in [6.07, 6.45) is 0.923. The fourth-order valence-electron chi connectivity index (χ4n) is 1.21. The Morgan fingerprint density at radius 2 is 2.07 bits per heavy atom. The molecule has 0 aliphatic rings. The van der Waals surface area contributed by atoms with E-state index in [0.717, 1.165) is 6.42 Å². The molecule has 0 heterocycles. The summed E-state index contributed by atoms with van der Waals surface area (Å²) in [5.41, 5.74) is 5.84. The van der Waals surface area contributed by atoms with E-state index >= 15 is 0 Å². The zero-order chi connectivity index (χ0) is 11.8. The van der Waals surface area contributed by atoms with Crippen molar-refractivity contribution in [2.75, 3.05) is 26.8 Å². The van der Waals surface area contributed by atoms with Crippen molar-refractivity contribution < 1.29 is 9.53 Å². The van der Waals surface area contributed by atoms with Crippen molar-refractivity contribution in [3.8, 4) is 0 Å². The average molecular weight is 216 g/mol. The van der Waals surface area contributed by atoms with E-state index in [0.29, 0.717) is 19.8 Å². The molecule has 0 spiro atoms. The smallest absolute Gasteiger partial charge is 0.239 e. The number of amides is 1. The van der Waals surface area contributed by atoms with Gasteiger partial charge in [0.25, 0.3) is 0 Å². The van der Waals surface area contributed by atoms with Crippen LogP contribution in [0.25, 0.3) is 0 Å². The number of nitrogens with two attached hydrogens (primary N) is 1. The Morgan fingerprint density at radius 3 is 2.53 bits per heavy atom. The molecule has 0 saturated heterocycles. The maximum Gasteiger partial charge on any atom is 0.239 e. The number of ether oxygens (including phenoxy) is 1. The second-order valence-corrected chi connectivity index (χ2v) is 3.87. The van der Waals surface area contributed by atoms with Gasteiger partial charge in [-0.1, -0.05) is 20.3 Å². The first-order valence-corrected chi connectivity index (χ1v) is 5.62. The molecule has 2 N–H and O–H groups in total. The van der Waals surface area contributed by atoms with Gasteiger partial charge in [-0.2, -0.15) is 0 Å². The quantitative estimate of drug-likeness (QED) is 0.642. The highest BCUT2D eigenvalue weighted by Crippen LogP contribution is 2.07. The highest BCUT2D eigenvalue weighted by atomic mass is 16.5. The minimum atomic E-state index is -0.387. The molecular formula is C11H24N2O2. The van der Waals surface area contributed by atoms with Crippen molar-refractivity contribution in [1.82, 2.24) is 4.90 Å². The second-order valence-electron chi connectivity index (χ2n) is 3.87. The molecule has 0 aromatic heterocycles. The number of nitrogens with zero attached hydrogens (tertiary/aromatic N) is 1. The third-order valence-electron chi connectivity index (χ3n) is 2.69. The SMILES string of the molecule is CCOCCN(C)C(=O)[C@@H](N)C(C)CC. The fraction of sp³-hybridized carbons (Fsp3) is 0.909. The van der Waals surface area contributed by atoms with E-state index in [1.807, 2.05) is 20.8 Å². The van der Waals surface area contributed by atoms with Gasteiger partial charge in [0.15, 0.2) is 0 Å². The average Bonchev–Trinajstić information content (AvgIpc) is 2.26. The first-order chi connectivity index (χ1) is 7.04. The lowest BCUT2D eigenvalue weighted by atomic mass is 9.99. The van der Waals surface area contributed by atoms with Crippen LogP contribution < -0.4 is 5.73 Å². The zero-order valence-corrected chi connectivity index (χ0v) is 10.3. The van der Waals surface area contributed by atoms with Crippen LogP contribution >= 0.6 is 0 Å². The first-order valence-electron chi connectivity index (χ1n) is 5.62. The molecule has 4 heteroatoms. The number of carbonyl (C=O) groups excluding carboxylic acids is 1. The monoisotopic (exact) mass is 216 g/mol. The normalized spacial score (nSPS) is 14.7. The summed E-state index contributed by atoms with van der Waals surface area (Å²) in [6, 6.07) is -0.387. The molecule has 0 radical (unpaired) electrons. The third-order valence-corrected chi connectivity index (χ3v) is 2.69. The van der Waals surface area contributed by atoms with Gasteiger partial charge in [0.05, 0.1) is 12.6 Å². The molecule has 1 amide bonds. The minimum absolute atomic E-state index is 0.00375. The van der Waals surface area contributed by atoms with Gasteiger partial charge < -0.3 is 15.4 Å². The van der Waals surface area contributed by atoms with Gasteiger partial charge in [0.2, 0.25) is 5.91 Å². The Balaban J connectivity index is 3.96. The van der Waals surface area contributed by atoms with Gasteiger partial charge in [-0.25, -0.2) is 0 Å². The van der Waals surface area contributed by atoms with E-state index in [-0.39, 0.29) is 17.9 Å². The molecule has 2 atom stereocenters. The van der Waals surface area contributed by atoms with E-state index in [1.54, 1.807) is 11.9 Å². The van der Waals surface area contributed by atoms with Crippen LogP contribution in [0.1, 0.15) is 27.2 Å². The highest BCUT2D eigenvalue weighted by Gasteiger charge is 2.22. The molecule has 0 aliphatic heterocycles. The number of likely N-dealkylation sites (N-methyl/N-ethyl adjacent to an activating group) is 1. The lowest BCUT2D eigenvalue weighted by Gasteiger charge is -2.24. The molecule has 90 valence electrons. The maximum absolute atomic E-state index is 11.8. The lowest BCUT2D eigenvalue weighted by Crippen LogP contribution is -2.46. The van der Waals surface area contributed by atoms with E-state index in [1.165, 1.54) is 0 Å². The number of hydrogen-bond acceptors (Lipinski definition) is 3. The Hall–Kier alpha value is -0.610. The van der Waals surface area contributed by atoms with Crippen LogP contribution in [0.3, 0.4) is 0 Å². The van der Waals surface area contributed by atoms with Crippen LogP contribution in [0, 0.1) is 5.92 Å². The summed E-state index contributed by atoms with van der Waals surface area (Å²) >= 11 is 0. The molecule has 0 aromatic rings. The third kappa shape index (κ3) is 5.14. The highest BCUT2D eigenvalue weighted by molar-refractivity contribution is 5.81. The second kappa shape index (κ2) is 7.65. The van der Waals surface area contributed by atoms with E-state index in [9.17, 15) is 4.79 Å². The summed E-state index contributed by atoms with van der Waals surface area (Å²) in [5.74, 6) is 0.232. The van der Waals surface area contributed by atoms with Crippen molar-refractivity contribution in [2.24, 2.45) is 11.7 Å². The molecule has 0 bridgehead atoms. The van der Waals surface area contributed by atoms with Crippen molar-refractivity contribution in [2.45, 2.75) is 33.2 Å².